The third kappa shape index (κ3) is 7.90. The van der Waals surface area contributed by atoms with E-state index in [9.17, 15) is 27.6 Å². The van der Waals surface area contributed by atoms with Crippen molar-refractivity contribution >= 4 is 33.6 Å². The fourth-order valence-corrected chi connectivity index (χ4v) is 8.38. The van der Waals surface area contributed by atoms with E-state index in [-0.39, 0.29) is 55.5 Å². The molecule has 0 bridgehead atoms. The van der Waals surface area contributed by atoms with E-state index in [1.165, 1.54) is 9.21 Å². The number of allylic oxidation sites excluding steroid dienone is 1. The molecule has 11 heteroatoms. The Hall–Kier alpha value is -3.05. The predicted octanol–water partition coefficient (Wildman–Crippen LogP) is 4.20. The van der Waals surface area contributed by atoms with Gasteiger partial charge in [-0.05, 0) is 67.8 Å². The molecular formula is C35H49N3O7S. The molecule has 5 rings (SSSR count). The van der Waals surface area contributed by atoms with Crippen LogP contribution in [0.2, 0.25) is 0 Å². The smallest absolute Gasteiger partial charge is 0.306 e. The summed E-state index contributed by atoms with van der Waals surface area (Å²) in [6.07, 6.45) is 7.49. The summed E-state index contributed by atoms with van der Waals surface area (Å²) in [5, 5.41) is 3.01. The Balaban J connectivity index is 1.39. The summed E-state index contributed by atoms with van der Waals surface area (Å²) in [7, 11) is -3.92. The van der Waals surface area contributed by atoms with E-state index in [1.54, 1.807) is 36.4 Å². The van der Waals surface area contributed by atoms with Crippen molar-refractivity contribution in [2.75, 3.05) is 19.8 Å². The van der Waals surface area contributed by atoms with Crippen molar-refractivity contribution in [1.82, 2.24) is 14.5 Å². The third-order valence-corrected chi connectivity index (χ3v) is 12.0. The number of sulfonamides is 1. The lowest BCUT2D eigenvalue weighted by Gasteiger charge is -2.34. The zero-order valence-electron chi connectivity index (χ0n) is 27.4. The van der Waals surface area contributed by atoms with Crippen molar-refractivity contribution in [3.05, 3.63) is 48.6 Å². The Kier molecular flexibility index (Phi) is 10.1. The van der Waals surface area contributed by atoms with Gasteiger partial charge < -0.3 is 15.0 Å². The van der Waals surface area contributed by atoms with Gasteiger partial charge in [0.05, 0.1) is 30.2 Å². The number of benzene rings is 1. The summed E-state index contributed by atoms with van der Waals surface area (Å²) >= 11 is 0. The Morgan fingerprint density at radius 1 is 1.09 bits per heavy atom. The molecule has 1 heterocycles. The summed E-state index contributed by atoms with van der Waals surface area (Å²) in [6.45, 7) is 9.49. The molecule has 252 valence electrons. The zero-order valence-corrected chi connectivity index (χ0v) is 28.2. The van der Waals surface area contributed by atoms with Crippen molar-refractivity contribution in [3.8, 4) is 0 Å². The number of Topliss-reactive ketones (excluding diaryl/α,β-unsaturated/α-hetero) is 1. The topological polar surface area (TPSA) is 130 Å². The van der Waals surface area contributed by atoms with E-state index in [1.807, 2.05) is 20.8 Å². The summed E-state index contributed by atoms with van der Waals surface area (Å²) in [5.41, 5.74) is -1.03. The van der Waals surface area contributed by atoms with Crippen molar-refractivity contribution in [1.29, 1.82) is 0 Å². The second-order valence-electron chi connectivity index (χ2n) is 14.9. The van der Waals surface area contributed by atoms with Crippen LogP contribution in [-0.4, -0.2) is 73.1 Å². The molecule has 0 aromatic heterocycles. The summed E-state index contributed by atoms with van der Waals surface area (Å²) in [5.74, 6) is -2.30. The van der Waals surface area contributed by atoms with Crippen LogP contribution >= 0.6 is 0 Å². The van der Waals surface area contributed by atoms with Crippen molar-refractivity contribution in [2.45, 2.75) is 96.5 Å². The molecule has 3 aliphatic carbocycles. The van der Waals surface area contributed by atoms with Crippen LogP contribution in [0.3, 0.4) is 0 Å². The fourth-order valence-electron chi connectivity index (χ4n) is 6.92. The second-order valence-corrected chi connectivity index (χ2v) is 16.8. The quantitative estimate of drug-likeness (QED) is 0.235. The highest BCUT2D eigenvalue weighted by atomic mass is 32.2. The van der Waals surface area contributed by atoms with Gasteiger partial charge in [0.1, 0.15) is 12.1 Å². The van der Waals surface area contributed by atoms with Crippen LogP contribution in [0, 0.1) is 28.6 Å². The molecule has 46 heavy (non-hydrogen) atoms. The predicted molar refractivity (Wildman–Crippen MR) is 173 cm³/mol. The normalized spacial score (nSPS) is 26.0. The molecule has 1 aromatic rings. The fraction of sp³-hybridized carbons (Fsp3) is 0.657. The lowest BCUT2D eigenvalue weighted by atomic mass is 9.77. The first kappa shape index (κ1) is 34.3. The van der Waals surface area contributed by atoms with Crippen LogP contribution in [0.25, 0.3) is 0 Å². The van der Waals surface area contributed by atoms with Gasteiger partial charge in [-0.15, -0.1) is 6.58 Å². The molecule has 0 radical (unpaired) electrons. The van der Waals surface area contributed by atoms with Gasteiger partial charge in [-0.1, -0.05) is 57.2 Å². The number of ketones is 1. The van der Waals surface area contributed by atoms with Gasteiger partial charge in [0.25, 0.3) is 0 Å². The number of nitrogens with one attached hydrogen (secondary N) is 1. The maximum absolute atomic E-state index is 14.4. The highest BCUT2D eigenvalue weighted by Gasteiger charge is 2.60. The number of ether oxygens (including phenoxy) is 1. The third-order valence-electron chi connectivity index (χ3n) is 10.2. The van der Waals surface area contributed by atoms with Gasteiger partial charge in [-0.2, -0.15) is 4.31 Å². The van der Waals surface area contributed by atoms with Crippen molar-refractivity contribution in [2.24, 2.45) is 28.6 Å². The maximum Gasteiger partial charge on any atom is 0.306 e. The molecule has 0 spiro atoms. The van der Waals surface area contributed by atoms with Gasteiger partial charge in [0.2, 0.25) is 21.8 Å². The molecule has 4 atom stereocenters. The first-order chi connectivity index (χ1) is 21.7. The molecule has 2 amide bonds. The summed E-state index contributed by atoms with van der Waals surface area (Å²) in [4.78, 5) is 56.3. The zero-order chi connectivity index (χ0) is 33.3. The minimum Gasteiger partial charge on any atom is -0.462 e. The summed E-state index contributed by atoms with van der Waals surface area (Å²) in [6, 6.07) is 7.67. The monoisotopic (exact) mass is 655 g/mol. The standard InChI is InChI=1S/C35H49N3O7S/c1-5-26-18-35(26,33(42)36-20-24-15-16-24)19-30(39)29-21-37(46(43,44)22-25-11-7-6-8-12-25)23-38(29)32(41)28(34(2,3)4)17-31(40)45-27-13-9-10-14-27/h5-8,11-12,24,26-29H,1,9-10,13-23H2,2-4H3,(H,36,42)/t26-,28-,29+,35-/m1/s1. The van der Waals surface area contributed by atoms with E-state index in [0.717, 1.165) is 38.5 Å². The molecular weight excluding hydrogens is 606 g/mol. The van der Waals surface area contributed by atoms with Gasteiger partial charge in [0.15, 0.2) is 5.78 Å². The molecule has 1 aromatic carbocycles. The summed E-state index contributed by atoms with van der Waals surface area (Å²) < 4.78 is 34.2. The molecule has 1 saturated heterocycles. The first-order valence-electron chi connectivity index (χ1n) is 16.7. The van der Waals surface area contributed by atoms with Gasteiger partial charge in [-0.3, -0.25) is 19.2 Å². The van der Waals surface area contributed by atoms with Crippen LogP contribution in [0.5, 0.6) is 0 Å². The Labute approximate surface area is 273 Å². The first-order valence-corrected chi connectivity index (χ1v) is 18.3. The van der Waals surface area contributed by atoms with Crippen LogP contribution in [0.15, 0.2) is 43.0 Å². The number of esters is 1. The van der Waals surface area contributed by atoms with E-state index < -0.39 is 44.7 Å². The number of hydrogen-bond acceptors (Lipinski definition) is 7. The number of amides is 2. The number of hydrogen-bond donors (Lipinski definition) is 1. The Bertz CT molecular complexity index is 1430. The molecule has 4 fully saturated rings. The van der Waals surface area contributed by atoms with Gasteiger partial charge >= 0.3 is 5.97 Å². The lowest BCUT2D eigenvalue weighted by molar-refractivity contribution is -0.156. The minimum atomic E-state index is -3.92. The SMILES string of the molecule is C=C[C@@H]1C[C@]1(CC(=O)[C@@H]1CN(S(=O)(=O)Cc2ccccc2)CN1C(=O)[C@@H](CC(=O)OC1CCCC1)C(C)(C)C)C(=O)NCC1CC1. The molecule has 1 N–H and O–H groups in total. The number of carbonyl (C=O) groups is 4. The van der Waals surface area contributed by atoms with E-state index in [2.05, 4.69) is 11.9 Å². The van der Waals surface area contributed by atoms with E-state index in [4.69, 9.17) is 4.74 Å². The Morgan fingerprint density at radius 3 is 2.35 bits per heavy atom. The largest absolute Gasteiger partial charge is 0.462 e. The molecule has 1 aliphatic heterocycles. The second kappa shape index (κ2) is 13.6. The van der Waals surface area contributed by atoms with E-state index >= 15 is 0 Å². The van der Waals surface area contributed by atoms with Crippen LogP contribution < -0.4 is 5.32 Å². The molecule has 4 aliphatic rings. The van der Waals surface area contributed by atoms with Gasteiger partial charge in [0, 0.05) is 19.5 Å². The number of carbonyl (C=O) groups excluding carboxylic acids is 4. The van der Waals surface area contributed by atoms with Crippen LogP contribution in [0.1, 0.15) is 84.1 Å². The lowest BCUT2D eigenvalue weighted by Crippen LogP contribution is -2.49. The minimum absolute atomic E-state index is 0.120. The average molecular weight is 656 g/mol. The molecule has 10 nitrogen and oxygen atoms in total. The van der Waals surface area contributed by atoms with Crippen molar-refractivity contribution < 1.29 is 32.3 Å². The maximum atomic E-state index is 14.4. The number of nitrogens with zero attached hydrogens (tertiary/aromatic N) is 2. The number of rotatable bonds is 14. The average Bonchev–Trinajstić information content (AvgIpc) is 3.84. The Morgan fingerprint density at radius 2 is 1.76 bits per heavy atom. The highest BCUT2D eigenvalue weighted by molar-refractivity contribution is 7.88. The molecule has 0 unspecified atom stereocenters. The van der Waals surface area contributed by atoms with Crippen LogP contribution in [0.4, 0.5) is 0 Å². The van der Waals surface area contributed by atoms with Crippen molar-refractivity contribution in [3.63, 3.8) is 0 Å². The van der Waals surface area contributed by atoms with Gasteiger partial charge in [-0.25, -0.2) is 8.42 Å². The van der Waals surface area contributed by atoms with Crippen LogP contribution in [-0.2, 0) is 39.7 Å². The van der Waals surface area contributed by atoms with E-state index in [0.29, 0.717) is 24.4 Å². The highest BCUT2D eigenvalue weighted by Crippen LogP contribution is 2.56. The molecule has 3 saturated carbocycles.